The maximum absolute atomic E-state index is 10.9. The Morgan fingerprint density at radius 2 is 2.33 bits per heavy atom. The first-order valence-electron chi connectivity index (χ1n) is 3.50. The van der Waals surface area contributed by atoms with Crippen LogP contribution < -0.4 is 0 Å². The Hall–Kier alpha value is -0.370. The number of carbonyl (C=O) groups excluding carboxylic acids is 1. The van der Waals surface area contributed by atoms with Gasteiger partial charge >= 0.3 is 0 Å². The zero-order valence-corrected chi connectivity index (χ0v) is 5.30. The molecule has 2 nitrogen and oxygen atoms in total. The number of hydrogen-bond acceptors (Lipinski definition) is 2. The first-order chi connectivity index (χ1) is 4.36. The molecule has 0 radical (unpaired) electrons. The molecule has 3 fully saturated rings. The topological polar surface area (TPSA) is 26.3 Å². The Bertz CT molecular complexity index is 134. The van der Waals surface area contributed by atoms with Gasteiger partial charge in [0.2, 0.25) is 0 Å². The second-order valence-corrected chi connectivity index (χ2v) is 2.94. The minimum atomic E-state index is -0.0185. The molecule has 1 aliphatic carbocycles. The molecule has 0 spiro atoms. The van der Waals surface area contributed by atoms with Crippen LogP contribution in [0.2, 0.25) is 0 Å². The number of carbonyl (C=O) groups is 1. The van der Waals surface area contributed by atoms with Crippen LogP contribution in [0.25, 0.3) is 0 Å². The van der Waals surface area contributed by atoms with E-state index in [4.69, 9.17) is 4.74 Å². The van der Waals surface area contributed by atoms with Crippen molar-refractivity contribution in [1.82, 2.24) is 0 Å². The van der Waals surface area contributed by atoms with E-state index in [0.29, 0.717) is 11.7 Å². The van der Waals surface area contributed by atoms with Crippen molar-refractivity contribution in [2.24, 2.45) is 5.92 Å². The summed E-state index contributed by atoms with van der Waals surface area (Å²) in [6.07, 6.45) is 2.94. The number of rotatable bonds is 0. The van der Waals surface area contributed by atoms with Gasteiger partial charge in [-0.15, -0.1) is 0 Å². The number of fused-ring (bicyclic) bond motifs is 3. The number of hydrogen-bond donors (Lipinski definition) is 0. The van der Waals surface area contributed by atoms with Crippen molar-refractivity contribution in [3.8, 4) is 0 Å². The maximum atomic E-state index is 10.9. The summed E-state index contributed by atoms with van der Waals surface area (Å²) in [7, 11) is 0. The summed E-state index contributed by atoms with van der Waals surface area (Å²) in [5, 5.41) is 0. The molecule has 2 bridgehead atoms. The minimum Gasteiger partial charge on any atom is -0.370 e. The second kappa shape index (κ2) is 1.81. The molecule has 0 aromatic rings. The molecule has 2 heterocycles. The average molecular weight is 126 g/mol. The first-order valence-corrected chi connectivity index (χ1v) is 3.50. The molecule has 9 heavy (non-hydrogen) atoms. The van der Waals surface area contributed by atoms with Crippen molar-refractivity contribution in [2.45, 2.75) is 25.4 Å². The van der Waals surface area contributed by atoms with Crippen molar-refractivity contribution in [3.63, 3.8) is 0 Å². The summed E-state index contributed by atoms with van der Waals surface area (Å²) in [6.45, 7) is 0.830. The third-order valence-corrected chi connectivity index (χ3v) is 2.22. The van der Waals surface area contributed by atoms with Crippen LogP contribution in [0.3, 0.4) is 0 Å². The van der Waals surface area contributed by atoms with E-state index in [2.05, 4.69) is 0 Å². The van der Waals surface area contributed by atoms with Gasteiger partial charge in [0, 0.05) is 6.42 Å². The average Bonchev–Trinajstić information content (AvgIpc) is 1.90. The molecule has 0 N–H and O–H groups in total. The van der Waals surface area contributed by atoms with Crippen molar-refractivity contribution in [1.29, 1.82) is 0 Å². The van der Waals surface area contributed by atoms with Gasteiger partial charge in [0.25, 0.3) is 0 Å². The maximum Gasteiger partial charge on any atom is 0.161 e. The fraction of sp³-hybridized carbons (Fsp3) is 0.857. The molecular formula is C7H10O2. The van der Waals surface area contributed by atoms with Crippen LogP contribution in [0.15, 0.2) is 0 Å². The van der Waals surface area contributed by atoms with Gasteiger partial charge in [-0.1, -0.05) is 0 Å². The van der Waals surface area contributed by atoms with Crippen molar-refractivity contribution in [3.05, 3.63) is 0 Å². The fourth-order valence-corrected chi connectivity index (χ4v) is 1.64. The molecule has 0 aromatic carbocycles. The van der Waals surface area contributed by atoms with Gasteiger partial charge in [-0.25, -0.2) is 0 Å². The third kappa shape index (κ3) is 0.778. The van der Waals surface area contributed by atoms with E-state index in [9.17, 15) is 4.79 Å². The summed E-state index contributed by atoms with van der Waals surface area (Å²) < 4.78 is 5.24. The Labute approximate surface area is 54.2 Å². The standard InChI is InChI=1S/C7H10O2/c8-6-3-5-1-2-7(6)9-4-5/h5,7H,1-4H2. The molecule has 2 saturated heterocycles. The van der Waals surface area contributed by atoms with Crippen LogP contribution in [0, 0.1) is 5.92 Å². The molecule has 0 amide bonds. The monoisotopic (exact) mass is 126 g/mol. The van der Waals surface area contributed by atoms with Crippen molar-refractivity contribution >= 4 is 5.78 Å². The first kappa shape index (κ1) is 5.42. The molecule has 3 aliphatic rings. The highest BCUT2D eigenvalue weighted by molar-refractivity contribution is 5.84. The van der Waals surface area contributed by atoms with E-state index in [1.807, 2.05) is 0 Å². The molecule has 1 saturated carbocycles. The third-order valence-electron chi connectivity index (χ3n) is 2.22. The van der Waals surface area contributed by atoms with E-state index in [1.54, 1.807) is 0 Å². The van der Waals surface area contributed by atoms with Crippen LogP contribution in [0.4, 0.5) is 0 Å². The molecule has 50 valence electrons. The van der Waals surface area contributed by atoms with E-state index in [-0.39, 0.29) is 6.10 Å². The summed E-state index contributed by atoms with van der Waals surface area (Å²) in [5.41, 5.74) is 0. The van der Waals surface area contributed by atoms with Gasteiger partial charge in [-0.2, -0.15) is 0 Å². The lowest BCUT2D eigenvalue weighted by molar-refractivity contribution is -0.147. The molecule has 2 aliphatic heterocycles. The highest BCUT2D eigenvalue weighted by Gasteiger charge is 2.34. The van der Waals surface area contributed by atoms with Gasteiger partial charge in [0.05, 0.1) is 6.61 Å². The number of ether oxygens (including phenoxy) is 1. The quantitative estimate of drug-likeness (QED) is 0.479. The Balaban J connectivity index is 2.15. The van der Waals surface area contributed by atoms with Gasteiger partial charge in [0.15, 0.2) is 5.78 Å². The van der Waals surface area contributed by atoms with Crippen LogP contribution >= 0.6 is 0 Å². The van der Waals surface area contributed by atoms with Gasteiger partial charge in [0.1, 0.15) is 6.10 Å². The Morgan fingerprint density at radius 3 is 2.56 bits per heavy atom. The van der Waals surface area contributed by atoms with Crippen LogP contribution in [0.5, 0.6) is 0 Å². The fourth-order valence-electron chi connectivity index (χ4n) is 1.64. The zero-order chi connectivity index (χ0) is 6.27. The smallest absolute Gasteiger partial charge is 0.161 e. The van der Waals surface area contributed by atoms with E-state index in [0.717, 1.165) is 19.4 Å². The summed E-state index contributed by atoms with van der Waals surface area (Å²) in [5.74, 6) is 0.889. The lowest BCUT2D eigenvalue weighted by Crippen LogP contribution is -2.40. The van der Waals surface area contributed by atoms with Crippen LogP contribution in [-0.4, -0.2) is 18.5 Å². The predicted octanol–water partition coefficient (Wildman–Crippen LogP) is 0.754. The van der Waals surface area contributed by atoms with Gasteiger partial charge < -0.3 is 4.74 Å². The van der Waals surface area contributed by atoms with Crippen molar-refractivity contribution in [2.75, 3.05) is 6.61 Å². The Morgan fingerprint density at radius 1 is 1.44 bits per heavy atom. The van der Waals surface area contributed by atoms with Crippen LogP contribution in [0.1, 0.15) is 19.3 Å². The Kier molecular flexibility index (Phi) is 1.09. The SMILES string of the molecule is O=C1CC2CCC1OC2. The molecule has 2 heteroatoms. The summed E-state index contributed by atoms with van der Waals surface area (Å²) >= 11 is 0. The van der Waals surface area contributed by atoms with E-state index >= 15 is 0 Å². The molecule has 2 unspecified atom stereocenters. The minimum absolute atomic E-state index is 0.0185. The predicted molar refractivity (Wildman–Crippen MR) is 32.1 cm³/mol. The van der Waals surface area contributed by atoms with Gasteiger partial charge in [-0.3, -0.25) is 4.79 Å². The molecule has 2 atom stereocenters. The lowest BCUT2D eigenvalue weighted by Gasteiger charge is -2.34. The van der Waals surface area contributed by atoms with Crippen molar-refractivity contribution < 1.29 is 9.53 Å². The number of ketones is 1. The largest absolute Gasteiger partial charge is 0.370 e. The summed E-state index contributed by atoms with van der Waals surface area (Å²) in [4.78, 5) is 10.9. The number of Topliss-reactive ketones (excluding diaryl/α,β-unsaturated/α-hetero) is 1. The lowest BCUT2D eigenvalue weighted by atomic mass is 9.84. The van der Waals surface area contributed by atoms with Crippen LogP contribution in [-0.2, 0) is 9.53 Å². The molecule has 0 aromatic heterocycles. The second-order valence-electron chi connectivity index (χ2n) is 2.94. The molecule has 3 rings (SSSR count). The van der Waals surface area contributed by atoms with Gasteiger partial charge in [-0.05, 0) is 18.8 Å². The summed E-state index contributed by atoms with van der Waals surface area (Å²) in [6, 6.07) is 0. The molecular weight excluding hydrogens is 116 g/mol. The van der Waals surface area contributed by atoms with E-state index < -0.39 is 0 Å². The van der Waals surface area contributed by atoms with E-state index in [1.165, 1.54) is 6.42 Å². The normalized spacial score (nSPS) is 41.6. The highest BCUT2D eigenvalue weighted by Crippen LogP contribution is 2.29. The highest BCUT2D eigenvalue weighted by atomic mass is 16.5. The zero-order valence-electron chi connectivity index (χ0n) is 5.30.